The number of hydrogen-bond donors (Lipinski definition) is 2. The van der Waals surface area contributed by atoms with Crippen LogP contribution in [0.3, 0.4) is 0 Å². The van der Waals surface area contributed by atoms with Crippen LogP contribution in [0.5, 0.6) is 0 Å². The lowest BCUT2D eigenvalue weighted by Gasteiger charge is -2.31. The molecule has 0 aromatic carbocycles. The molecule has 3 heterocycles. The van der Waals surface area contributed by atoms with E-state index in [2.05, 4.69) is 20.0 Å². The number of carbonyl (C=O) groups is 3. The normalized spacial score (nSPS) is 21.3. The standard InChI is InChI=1S/C14H17F2N5O6/c1-3-26-11(22)14(15,16)27-21-9-6-20(13(21)25)8(5-17-12(23)24)10-7(9)4-18-19(10)2/h4,8-9,17H,3,5-6H2,1-2H3,(H,23,24). The maximum atomic E-state index is 14.0. The quantitative estimate of drug-likeness (QED) is 0.683. The zero-order valence-corrected chi connectivity index (χ0v) is 14.4. The Morgan fingerprint density at radius 1 is 1.48 bits per heavy atom. The summed E-state index contributed by atoms with van der Waals surface area (Å²) in [6.45, 7) is 0.886. The number of rotatable bonds is 6. The molecule has 2 unspecified atom stereocenters. The zero-order chi connectivity index (χ0) is 19.9. The number of nitrogens with zero attached hydrogens (tertiary/aromatic N) is 4. The van der Waals surface area contributed by atoms with Crippen molar-refractivity contribution in [1.82, 2.24) is 25.1 Å². The van der Waals surface area contributed by atoms with Crippen molar-refractivity contribution in [3.8, 4) is 0 Å². The number of urea groups is 1. The molecule has 148 valence electrons. The number of ether oxygens (including phenoxy) is 1. The molecule has 3 amide bonds. The van der Waals surface area contributed by atoms with Gasteiger partial charge in [-0.25, -0.2) is 14.4 Å². The lowest BCUT2D eigenvalue weighted by Crippen LogP contribution is -2.44. The van der Waals surface area contributed by atoms with Crippen LogP contribution in [0.15, 0.2) is 6.20 Å². The van der Waals surface area contributed by atoms with Gasteiger partial charge in [0.2, 0.25) is 0 Å². The maximum absolute atomic E-state index is 14.0. The molecule has 2 atom stereocenters. The third kappa shape index (κ3) is 3.13. The number of hydroxylamine groups is 2. The molecule has 13 heteroatoms. The lowest BCUT2D eigenvalue weighted by atomic mass is 9.98. The smallest absolute Gasteiger partial charge is 0.465 e. The van der Waals surface area contributed by atoms with E-state index in [0.717, 1.165) is 0 Å². The summed E-state index contributed by atoms with van der Waals surface area (Å²) in [7, 11) is 1.58. The van der Waals surface area contributed by atoms with Crippen molar-refractivity contribution in [3.63, 3.8) is 0 Å². The van der Waals surface area contributed by atoms with E-state index in [1.54, 1.807) is 7.05 Å². The number of alkyl halides is 2. The number of carboxylic acid groups (broad SMARTS) is 1. The number of esters is 1. The number of carbonyl (C=O) groups excluding carboxylic acids is 2. The molecule has 1 fully saturated rings. The van der Waals surface area contributed by atoms with Crippen LogP contribution in [0.2, 0.25) is 0 Å². The summed E-state index contributed by atoms with van der Waals surface area (Å²) < 4.78 is 33.7. The molecule has 1 aromatic heterocycles. The predicted molar refractivity (Wildman–Crippen MR) is 81.3 cm³/mol. The average Bonchev–Trinajstić information content (AvgIpc) is 3.10. The first kappa shape index (κ1) is 18.8. The molecular weight excluding hydrogens is 372 g/mol. The molecule has 3 rings (SSSR count). The van der Waals surface area contributed by atoms with Gasteiger partial charge in [-0.05, 0) is 6.92 Å². The van der Waals surface area contributed by atoms with Crippen LogP contribution in [0.25, 0.3) is 0 Å². The van der Waals surface area contributed by atoms with Gasteiger partial charge in [0.25, 0.3) is 0 Å². The first-order chi connectivity index (χ1) is 12.7. The second-order valence-corrected chi connectivity index (χ2v) is 5.92. The summed E-state index contributed by atoms with van der Waals surface area (Å²) in [6, 6.07) is -2.61. The summed E-state index contributed by atoms with van der Waals surface area (Å²) in [5.74, 6) is -1.91. The van der Waals surface area contributed by atoms with Crippen LogP contribution >= 0.6 is 0 Å². The maximum Gasteiger partial charge on any atom is 0.477 e. The van der Waals surface area contributed by atoms with Gasteiger partial charge in [-0.15, -0.1) is 0 Å². The van der Waals surface area contributed by atoms with Crippen molar-refractivity contribution in [2.75, 3.05) is 19.7 Å². The van der Waals surface area contributed by atoms with Gasteiger partial charge in [0, 0.05) is 19.2 Å². The molecule has 0 radical (unpaired) electrons. The van der Waals surface area contributed by atoms with Gasteiger partial charge >= 0.3 is 24.2 Å². The number of nitrogens with one attached hydrogen (secondary N) is 1. The highest BCUT2D eigenvalue weighted by atomic mass is 19.3. The summed E-state index contributed by atoms with van der Waals surface area (Å²) in [6.07, 6.45) is -4.27. The molecule has 11 nitrogen and oxygen atoms in total. The number of aryl methyl sites for hydroxylation is 1. The van der Waals surface area contributed by atoms with E-state index >= 15 is 0 Å². The van der Waals surface area contributed by atoms with E-state index in [4.69, 9.17) is 5.11 Å². The molecular formula is C14H17F2N5O6. The summed E-state index contributed by atoms with van der Waals surface area (Å²) in [4.78, 5) is 40.5. The van der Waals surface area contributed by atoms with Crippen molar-refractivity contribution in [2.45, 2.75) is 25.1 Å². The van der Waals surface area contributed by atoms with Crippen LogP contribution in [0.4, 0.5) is 18.4 Å². The molecule has 27 heavy (non-hydrogen) atoms. The second-order valence-electron chi connectivity index (χ2n) is 5.92. The lowest BCUT2D eigenvalue weighted by molar-refractivity contribution is -0.330. The number of fused-ring (bicyclic) bond motifs is 4. The van der Waals surface area contributed by atoms with E-state index in [0.29, 0.717) is 16.3 Å². The van der Waals surface area contributed by atoms with E-state index in [1.807, 2.05) is 0 Å². The molecule has 1 saturated heterocycles. The number of halogens is 2. The Morgan fingerprint density at radius 2 is 2.19 bits per heavy atom. The zero-order valence-electron chi connectivity index (χ0n) is 14.4. The molecule has 0 saturated carbocycles. The van der Waals surface area contributed by atoms with Gasteiger partial charge in [0.05, 0.1) is 31.1 Å². The van der Waals surface area contributed by atoms with E-state index in [9.17, 15) is 23.2 Å². The number of hydrogen-bond acceptors (Lipinski definition) is 6. The van der Waals surface area contributed by atoms with Crippen molar-refractivity contribution in [3.05, 3.63) is 17.5 Å². The molecule has 0 spiro atoms. The Labute approximate surface area is 151 Å². The highest BCUT2D eigenvalue weighted by molar-refractivity contribution is 5.80. The van der Waals surface area contributed by atoms with Crippen LogP contribution in [-0.2, 0) is 21.4 Å². The van der Waals surface area contributed by atoms with Crippen LogP contribution in [-0.4, -0.2) is 68.7 Å². The highest BCUT2D eigenvalue weighted by Crippen LogP contribution is 2.44. The molecule has 2 bridgehead atoms. The van der Waals surface area contributed by atoms with E-state index in [1.165, 1.54) is 22.7 Å². The SMILES string of the molecule is CCOC(=O)C(F)(F)ON1C(=O)N2CC1c1cnn(C)c1C2CNC(=O)O. The van der Waals surface area contributed by atoms with Gasteiger partial charge in [-0.1, -0.05) is 0 Å². The van der Waals surface area contributed by atoms with Crippen molar-refractivity contribution in [1.29, 1.82) is 0 Å². The Balaban J connectivity index is 1.91. The average molecular weight is 389 g/mol. The minimum absolute atomic E-state index is 0.0254. The van der Waals surface area contributed by atoms with E-state index in [-0.39, 0.29) is 19.7 Å². The first-order valence-corrected chi connectivity index (χ1v) is 8.00. The Kier molecular flexibility index (Phi) is 4.63. The highest BCUT2D eigenvalue weighted by Gasteiger charge is 2.55. The van der Waals surface area contributed by atoms with Crippen LogP contribution in [0, 0.1) is 0 Å². The molecule has 2 aliphatic rings. The van der Waals surface area contributed by atoms with Crippen molar-refractivity contribution >= 4 is 18.1 Å². The fourth-order valence-electron chi connectivity index (χ4n) is 3.23. The van der Waals surface area contributed by atoms with Crippen LogP contribution in [0.1, 0.15) is 30.3 Å². The topological polar surface area (TPSA) is 126 Å². The summed E-state index contributed by atoms with van der Waals surface area (Å²) in [5.41, 5.74) is 0.912. The van der Waals surface area contributed by atoms with Crippen molar-refractivity contribution in [2.24, 2.45) is 7.05 Å². The van der Waals surface area contributed by atoms with Crippen molar-refractivity contribution < 1.29 is 37.8 Å². The Morgan fingerprint density at radius 3 is 2.81 bits per heavy atom. The third-order valence-electron chi connectivity index (χ3n) is 4.32. The monoisotopic (exact) mass is 389 g/mol. The van der Waals surface area contributed by atoms with Gasteiger partial charge in [-0.2, -0.15) is 23.8 Å². The number of amides is 3. The second kappa shape index (κ2) is 6.64. The predicted octanol–water partition coefficient (Wildman–Crippen LogP) is 0.609. The van der Waals surface area contributed by atoms with Gasteiger partial charge in [0.15, 0.2) is 0 Å². The first-order valence-electron chi connectivity index (χ1n) is 8.00. The Bertz CT molecular complexity index is 784. The van der Waals surface area contributed by atoms with Crippen LogP contribution < -0.4 is 5.32 Å². The fourth-order valence-corrected chi connectivity index (χ4v) is 3.23. The summed E-state index contributed by atoms with van der Waals surface area (Å²) >= 11 is 0. The minimum atomic E-state index is -4.36. The third-order valence-corrected chi connectivity index (χ3v) is 4.32. The Hall–Kier alpha value is -2.96. The largest absolute Gasteiger partial charge is 0.477 e. The van der Waals surface area contributed by atoms with Gasteiger partial charge in [0.1, 0.15) is 6.04 Å². The minimum Gasteiger partial charge on any atom is -0.465 e. The molecule has 2 aliphatic heterocycles. The van der Waals surface area contributed by atoms with Gasteiger partial charge < -0.3 is 20.1 Å². The molecule has 2 N–H and O–H groups in total. The fraction of sp³-hybridized carbons (Fsp3) is 0.571. The van der Waals surface area contributed by atoms with Gasteiger partial charge in [-0.3, -0.25) is 4.68 Å². The summed E-state index contributed by atoms with van der Waals surface area (Å²) in [5, 5.41) is 15.5. The molecule has 0 aliphatic carbocycles. The molecule has 1 aromatic rings. The number of aromatic nitrogens is 2. The van der Waals surface area contributed by atoms with E-state index < -0.39 is 36.3 Å².